The maximum atomic E-state index is 12.4. The van der Waals surface area contributed by atoms with Crippen LogP contribution in [0.2, 0.25) is 5.02 Å². The number of H-pyrrole nitrogens is 1. The number of aromatic amines is 1. The average molecular weight is 412 g/mol. The van der Waals surface area contributed by atoms with Crippen molar-refractivity contribution in [1.29, 1.82) is 0 Å². The van der Waals surface area contributed by atoms with Gasteiger partial charge in [0, 0.05) is 42.3 Å². The molecule has 1 fully saturated rings. The molecule has 1 aliphatic heterocycles. The molecule has 1 aliphatic rings. The predicted octanol–water partition coefficient (Wildman–Crippen LogP) is 4.29. The van der Waals surface area contributed by atoms with E-state index in [0.29, 0.717) is 10.7 Å². The lowest BCUT2D eigenvalue weighted by atomic mass is 10.2. The van der Waals surface area contributed by atoms with E-state index in [1.165, 1.54) is 12.1 Å². The lowest BCUT2D eigenvalue weighted by Gasteiger charge is -2.30. The van der Waals surface area contributed by atoms with Gasteiger partial charge in [-0.25, -0.2) is 9.37 Å². The van der Waals surface area contributed by atoms with Gasteiger partial charge in [0.15, 0.2) is 0 Å². The number of carbonyl (C=O) groups is 1. The lowest BCUT2D eigenvalue weighted by Crippen LogP contribution is -2.42. The minimum atomic E-state index is -0.294. The summed E-state index contributed by atoms with van der Waals surface area (Å²) in [4.78, 5) is 18.9. The molecule has 1 saturated heterocycles. The van der Waals surface area contributed by atoms with Crippen molar-refractivity contribution in [3.8, 4) is 11.3 Å². The summed E-state index contributed by atoms with van der Waals surface area (Å²) in [6.07, 6.45) is 4.64. The highest BCUT2D eigenvalue weighted by atomic mass is 35.5. The van der Waals surface area contributed by atoms with Gasteiger partial charge in [-0.3, -0.25) is 9.89 Å². The van der Waals surface area contributed by atoms with E-state index in [-0.39, 0.29) is 11.7 Å². The molecule has 5 rings (SSSR count). The fourth-order valence-electron chi connectivity index (χ4n) is 3.10. The van der Waals surface area contributed by atoms with Gasteiger partial charge >= 0.3 is 0 Å². The number of hydrogen-bond acceptors (Lipinski definition) is 3. The number of aryl methyl sites for hydroxylation is 1. The van der Waals surface area contributed by atoms with Crippen molar-refractivity contribution in [2.45, 2.75) is 6.42 Å². The molecule has 148 valence electrons. The summed E-state index contributed by atoms with van der Waals surface area (Å²) in [5.41, 5.74) is 3.30. The van der Waals surface area contributed by atoms with Gasteiger partial charge in [-0.2, -0.15) is 5.10 Å². The third-order valence-corrected chi connectivity index (χ3v) is 5.05. The van der Waals surface area contributed by atoms with E-state index < -0.39 is 0 Å². The number of carbonyl (C=O) groups excluding carboxylic acids is 1. The molecule has 0 unspecified atom stereocenters. The molecule has 0 aliphatic carbocycles. The molecule has 3 aromatic heterocycles. The number of nitrogens with one attached hydrogen (secondary N) is 1. The summed E-state index contributed by atoms with van der Waals surface area (Å²) in [6, 6.07) is 11.7. The number of likely N-dealkylation sites (tertiary alicyclic amines) is 1. The summed E-state index contributed by atoms with van der Waals surface area (Å²) in [5, 5.41) is 8.15. The molecule has 0 saturated carbocycles. The van der Waals surface area contributed by atoms with Crippen molar-refractivity contribution in [3.63, 3.8) is 0 Å². The fourth-order valence-corrected chi connectivity index (χ4v) is 3.27. The van der Waals surface area contributed by atoms with E-state index in [2.05, 4.69) is 15.2 Å². The molecule has 1 amide bonds. The summed E-state index contributed by atoms with van der Waals surface area (Å²) in [7, 11) is 1.89. The van der Waals surface area contributed by atoms with Crippen LogP contribution in [-0.2, 0) is 7.05 Å². The Balaban J connectivity index is 0.000000216. The summed E-state index contributed by atoms with van der Waals surface area (Å²) in [5.74, 6) is -0.205. The number of fused-ring (bicyclic) bond motifs is 1. The second-order valence-corrected chi connectivity index (χ2v) is 7.21. The van der Waals surface area contributed by atoms with Gasteiger partial charge in [-0.15, -0.1) is 0 Å². The molecule has 1 N–H and O–H groups in total. The van der Waals surface area contributed by atoms with Crippen LogP contribution >= 0.6 is 11.6 Å². The molecule has 4 heterocycles. The average Bonchev–Trinajstić information content (AvgIpc) is 3.29. The Morgan fingerprint density at radius 3 is 2.62 bits per heavy atom. The lowest BCUT2D eigenvalue weighted by molar-refractivity contribution is 0.0642. The zero-order valence-electron chi connectivity index (χ0n) is 15.8. The van der Waals surface area contributed by atoms with Crippen LogP contribution in [0, 0.1) is 5.82 Å². The highest BCUT2D eigenvalue weighted by Crippen LogP contribution is 2.24. The normalized spacial score (nSPS) is 13.0. The van der Waals surface area contributed by atoms with Crippen molar-refractivity contribution < 1.29 is 9.18 Å². The van der Waals surface area contributed by atoms with Crippen LogP contribution in [0.4, 0.5) is 4.39 Å². The van der Waals surface area contributed by atoms with Crippen LogP contribution in [0.3, 0.4) is 0 Å². The van der Waals surface area contributed by atoms with Gasteiger partial charge in [-0.05, 0) is 42.8 Å². The van der Waals surface area contributed by atoms with Gasteiger partial charge in [-0.1, -0.05) is 17.7 Å². The van der Waals surface area contributed by atoms with Gasteiger partial charge in [0.05, 0.1) is 11.9 Å². The molecular weight excluding hydrogens is 393 g/mol. The molecule has 0 bridgehead atoms. The number of hydrogen-bond donors (Lipinski definition) is 1. The Kier molecular flexibility index (Phi) is 5.31. The second-order valence-electron chi connectivity index (χ2n) is 6.77. The summed E-state index contributed by atoms with van der Waals surface area (Å²) >= 11 is 5.40. The van der Waals surface area contributed by atoms with Crippen molar-refractivity contribution in [3.05, 3.63) is 71.4 Å². The zero-order valence-corrected chi connectivity index (χ0v) is 16.5. The Morgan fingerprint density at radius 2 is 2.03 bits per heavy atom. The number of aromatic nitrogens is 4. The van der Waals surface area contributed by atoms with Gasteiger partial charge in [0.2, 0.25) is 0 Å². The van der Waals surface area contributed by atoms with Gasteiger partial charge in [0.1, 0.15) is 17.2 Å². The molecule has 4 aromatic rings. The SMILES string of the molecule is Cn1c(C(=O)N2CCC2)cc2ccc(-c3cn[nH]c3)nc21.Fc1cccc(Cl)c1. The van der Waals surface area contributed by atoms with E-state index in [1.54, 1.807) is 18.3 Å². The summed E-state index contributed by atoms with van der Waals surface area (Å²) < 4.78 is 14.0. The van der Waals surface area contributed by atoms with E-state index >= 15 is 0 Å². The van der Waals surface area contributed by atoms with Crippen LogP contribution in [-0.4, -0.2) is 43.6 Å². The quantitative estimate of drug-likeness (QED) is 0.535. The van der Waals surface area contributed by atoms with E-state index in [4.69, 9.17) is 11.6 Å². The number of pyridine rings is 1. The molecular formula is C21H19ClFN5O. The van der Waals surface area contributed by atoms with Gasteiger partial charge in [0.25, 0.3) is 5.91 Å². The van der Waals surface area contributed by atoms with Crippen LogP contribution in [0.1, 0.15) is 16.9 Å². The Morgan fingerprint density at radius 1 is 1.21 bits per heavy atom. The monoisotopic (exact) mass is 411 g/mol. The van der Waals surface area contributed by atoms with Crippen molar-refractivity contribution >= 4 is 28.5 Å². The molecule has 1 aromatic carbocycles. The molecule has 8 heteroatoms. The first kappa shape index (κ1) is 19.1. The maximum Gasteiger partial charge on any atom is 0.270 e. The number of amides is 1. The number of rotatable bonds is 2. The minimum Gasteiger partial charge on any atom is -0.337 e. The molecule has 0 spiro atoms. The first-order valence-electron chi connectivity index (χ1n) is 9.19. The van der Waals surface area contributed by atoms with Crippen molar-refractivity contribution in [2.24, 2.45) is 7.05 Å². The zero-order chi connectivity index (χ0) is 20.4. The van der Waals surface area contributed by atoms with Crippen molar-refractivity contribution in [1.82, 2.24) is 24.6 Å². The maximum absolute atomic E-state index is 12.4. The Hall–Kier alpha value is -3.19. The highest BCUT2D eigenvalue weighted by molar-refractivity contribution is 6.30. The Bertz CT molecular complexity index is 1130. The highest BCUT2D eigenvalue weighted by Gasteiger charge is 2.24. The molecule has 0 atom stereocenters. The fraction of sp³-hybridized carbons (Fsp3) is 0.190. The van der Waals surface area contributed by atoms with Crippen LogP contribution < -0.4 is 0 Å². The van der Waals surface area contributed by atoms with Crippen LogP contribution in [0.5, 0.6) is 0 Å². The van der Waals surface area contributed by atoms with Gasteiger partial charge < -0.3 is 9.47 Å². The van der Waals surface area contributed by atoms with Crippen LogP contribution in [0.25, 0.3) is 22.3 Å². The third kappa shape index (κ3) is 4.00. The predicted molar refractivity (Wildman–Crippen MR) is 110 cm³/mol. The first-order chi connectivity index (χ1) is 14.0. The largest absolute Gasteiger partial charge is 0.337 e. The smallest absolute Gasteiger partial charge is 0.270 e. The first-order valence-corrected chi connectivity index (χ1v) is 9.56. The van der Waals surface area contributed by atoms with E-state index in [1.807, 2.05) is 40.9 Å². The topological polar surface area (TPSA) is 66.8 Å². The Labute approximate surface area is 171 Å². The molecule has 6 nitrogen and oxygen atoms in total. The minimum absolute atomic E-state index is 0.0895. The standard InChI is InChI=1S/C15H15N5O.C6H4ClF/c1-19-13(15(21)20-5-2-6-20)7-10-3-4-12(18-14(10)19)11-8-16-17-9-11;7-5-2-1-3-6(8)4-5/h3-4,7-9H,2,5-6H2,1H3,(H,16,17);1-4H. The third-order valence-electron chi connectivity index (χ3n) is 4.82. The second kappa shape index (κ2) is 8.05. The molecule has 0 radical (unpaired) electrons. The summed E-state index contributed by atoms with van der Waals surface area (Å²) in [6.45, 7) is 1.71. The van der Waals surface area contributed by atoms with E-state index in [0.717, 1.165) is 41.8 Å². The number of benzene rings is 1. The van der Waals surface area contributed by atoms with Crippen LogP contribution in [0.15, 0.2) is 54.9 Å². The molecule has 29 heavy (non-hydrogen) atoms. The number of nitrogens with zero attached hydrogens (tertiary/aromatic N) is 4. The van der Waals surface area contributed by atoms with E-state index in [9.17, 15) is 9.18 Å². The van der Waals surface area contributed by atoms with Crippen molar-refractivity contribution in [2.75, 3.05) is 13.1 Å². The number of halogens is 2.